The van der Waals surface area contributed by atoms with E-state index >= 15 is 0 Å². The summed E-state index contributed by atoms with van der Waals surface area (Å²) >= 11 is 1.42. The van der Waals surface area contributed by atoms with Gasteiger partial charge in [-0.15, -0.1) is 11.3 Å². The Kier molecular flexibility index (Phi) is 4.52. The van der Waals surface area contributed by atoms with Crippen LogP contribution in [0.25, 0.3) is 10.2 Å². The van der Waals surface area contributed by atoms with E-state index in [1.54, 1.807) is 6.07 Å². The van der Waals surface area contributed by atoms with Gasteiger partial charge in [-0.25, -0.2) is 4.98 Å². The fourth-order valence-electron chi connectivity index (χ4n) is 2.44. The number of thiophene rings is 1. The summed E-state index contributed by atoms with van der Waals surface area (Å²) in [5.74, 6) is -0.183. The molecule has 23 heavy (non-hydrogen) atoms. The fourth-order valence-corrected chi connectivity index (χ4v) is 3.17. The molecule has 1 aromatic carbocycles. The lowest BCUT2D eigenvalue weighted by Gasteiger charge is -2.08. The number of hydrogen-bond donors (Lipinski definition) is 1. The number of amides is 1. The van der Waals surface area contributed by atoms with Gasteiger partial charge in [0.1, 0.15) is 11.4 Å². The lowest BCUT2D eigenvalue weighted by Crippen LogP contribution is -2.33. The number of aromatic nitrogens is 2. The Morgan fingerprint density at radius 2 is 2.13 bits per heavy atom. The van der Waals surface area contributed by atoms with Crippen molar-refractivity contribution in [3.63, 3.8) is 0 Å². The van der Waals surface area contributed by atoms with Crippen molar-refractivity contribution in [2.24, 2.45) is 0 Å². The van der Waals surface area contributed by atoms with E-state index in [2.05, 4.69) is 29.4 Å². The maximum Gasteiger partial charge on any atom is 0.262 e. The van der Waals surface area contributed by atoms with Crippen LogP contribution in [-0.2, 0) is 17.8 Å². The molecule has 0 spiro atoms. The van der Waals surface area contributed by atoms with E-state index < -0.39 is 0 Å². The maximum atomic E-state index is 12.2. The molecule has 0 saturated carbocycles. The number of rotatable bonds is 5. The highest BCUT2D eigenvalue weighted by Crippen LogP contribution is 2.13. The number of benzene rings is 1. The van der Waals surface area contributed by atoms with Crippen molar-refractivity contribution in [1.82, 2.24) is 14.9 Å². The van der Waals surface area contributed by atoms with Gasteiger partial charge in [-0.2, -0.15) is 0 Å². The Hall–Kier alpha value is -2.47. The molecule has 1 amide bonds. The van der Waals surface area contributed by atoms with Crippen LogP contribution in [0.4, 0.5) is 0 Å². The van der Waals surface area contributed by atoms with Crippen molar-refractivity contribution in [2.75, 3.05) is 6.54 Å². The van der Waals surface area contributed by atoms with Crippen LogP contribution >= 0.6 is 11.3 Å². The highest BCUT2D eigenvalue weighted by Gasteiger charge is 2.08. The first kappa shape index (κ1) is 15.4. The van der Waals surface area contributed by atoms with Gasteiger partial charge in [0, 0.05) is 6.54 Å². The minimum absolute atomic E-state index is 0.00854. The van der Waals surface area contributed by atoms with E-state index in [9.17, 15) is 9.59 Å². The van der Waals surface area contributed by atoms with Gasteiger partial charge in [0.2, 0.25) is 5.91 Å². The van der Waals surface area contributed by atoms with Crippen LogP contribution in [0.3, 0.4) is 0 Å². The quantitative estimate of drug-likeness (QED) is 0.781. The van der Waals surface area contributed by atoms with Crippen LogP contribution in [-0.4, -0.2) is 22.0 Å². The van der Waals surface area contributed by atoms with Crippen molar-refractivity contribution < 1.29 is 4.79 Å². The number of aryl methyl sites for hydroxylation is 1. The topological polar surface area (TPSA) is 64.0 Å². The van der Waals surface area contributed by atoms with Crippen molar-refractivity contribution in [3.8, 4) is 0 Å². The largest absolute Gasteiger partial charge is 0.354 e. The number of nitrogens with zero attached hydrogens (tertiary/aromatic N) is 2. The zero-order valence-corrected chi connectivity index (χ0v) is 13.6. The average Bonchev–Trinajstić information content (AvgIpc) is 3.01. The van der Waals surface area contributed by atoms with Gasteiger partial charge >= 0.3 is 0 Å². The summed E-state index contributed by atoms with van der Waals surface area (Å²) in [6.45, 7) is 2.59. The zero-order chi connectivity index (χ0) is 16.2. The van der Waals surface area contributed by atoms with E-state index in [0.717, 1.165) is 6.42 Å². The number of fused-ring (bicyclic) bond motifs is 1. The molecule has 5 nitrogen and oxygen atoms in total. The predicted molar refractivity (Wildman–Crippen MR) is 91.8 cm³/mol. The summed E-state index contributed by atoms with van der Waals surface area (Å²) in [4.78, 5) is 29.1. The summed E-state index contributed by atoms with van der Waals surface area (Å²) in [5, 5.41) is 5.24. The molecular formula is C17H17N3O2S. The van der Waals surface area contributed by atoms with E-state index in [1.807, 2.05) is 17.5 Å². The molecule has 118 valence electrons. The molecule has 0 radical (unpaired) electrons. The molecule has 3 aromatic rings. The van der Waals surface area contributed by atoms with Gasteiger partial charge in [-0.1, -0.05) is 24.3 Å². The predicted octanol–water partition coefficient (Wildman–Crippen LogP) is 2.13. The van der Waals surface area contributed by atoms with E-state index in [-0.39, 0.29) is 18.0 Å². The highest BCUT2D eigenvalue weighted by molar-refractivity contribution is 7.16. The monoisotopic (exact) mass is 327 g/mol. The van der Waals surface area contributed by atoms with Crippen LogP contribution in [0.5, 0.6) is 0 Å². The molecule has 1 N–H and O–H groups in total. The third-order valence-corrected chi connectivity index (χ3v) is 4.56. The third kappa shape index (κ3) is 3.48. The van der Waals surface area contributed by atoms with Gasteiger partial charge in [0.25, 0.3) is 5.56 Å². The smallest absolute Gasteiger partial charge is 0.262 e. The first-order chi connectivity index (χ1) is 11.1. The molecule has 6 heteroatoms. The van der Waals surface area contributed by atoms with Gasteiger partial charge in [-0.05, 0) is 35.9 Å². The summed E-state index contributed by atoms with van der Waals surface area (Å²) < 4.78 is 1.35. The lowest BCUT2D eigenvalue weighted by atomic mass is 10.1. The summed E-state index contributed by atoms with van der Waals surface area (Å²) in [6.07, 6.45) is 2.21. The SMILES string of the molecule is Cc1ccccc1CCNC(=O)Cn1cnc2sccc2c1=O. The second-order valence-electron chi connectivity index (χ2n) is 5.34. The average molecular weight is 327 g/mol. The third-order valence-electron chi connectivity index (χ3n) is 3.74. The maximum absolute atomic E-state index is 12.2. The molecule has 0 aliphatic carbocycles. The zero-order valence-electron chi connectivity index (χ0n) is 12.8. The lowest BCUT2D eigenvalue weighted by molar-refractivity contribution is -0.121. The van der Waals surface area contributed by atoms with Crippen LogP contribution in [0.15, 0.2) is 46.8 Å². The summed E-state index contributed by atoms with van der Waals surface area (Å²) in [6, 6.07) is 9.84. The minimum Gasteiger partial charge on any atom is -0.354 e. The number of hydrogen-bond acceptors (Lipinski definition) is 4. The van der Waals surface area contributed by atoms with Crippen molar-refractivity contribution in [2.45, 2.75) is 19.9 Å². The van der Waals surface area contributed by atoms with Crippen molar-refractivity contribution in [3.05, 3.63) is 63.5 Å². The standard InChI is InChI=1S/C17H17N3O2S/c1-12-4-2-3-5-13(12)6-8-18-15(21)10-20-11-19-16-14(17(20)22)7-9-23-16/h2-5,7,9,11H,6,8,10H2,1H3,(H,18,21). The van der Waals surface area contributed by atoms with Gasteiger partial charge in [-0.3, -0.25) is 14.2 Å². The van der Waals surface area contributed by atoms with Crippen molar-refractivity contribution in [1.29, 1.82) is 0 Å². The second-order valence-corrected chi connectivity index (χ2v) is 6.24. The van der Waals surface area contributed by atoms with Gasteiger partial charge in [0.05, 0.1) is 11.7 Å². The molecule has 0 fully saturated rings. The molecule has 0 aliphatic heterocycles. The first-order valence-corrected chi connectivity index (χ1v) is 8.27. The molecule has 2 aromatic heterocycles. The molecular weight excluding hydrogens is 310 g/mol. The fraction of sp³-hybridized carbons (Fsp3) is 0.235. The Bertz CT molecular complexity index is 898. The molecule has 0 aliphatic rings. The van der Waals surface area contributed by atoms with Gasteiger partial charge in [0.15, 0.2) is 0 Å². The van der Waals surface area contributed by atoms with Gasteiger partial charge < -0.3 is 5.32 Å². The Balaban J connectivity index is 1.59. The van der Waals surface area contributed by atoms with Crippen molar-refractivity contribution >= 4 is 27.5 Å². The number of carbonyl (C=O) groups is 1. The number of carbonyl (C=O) groups excluding carboxylic acids is 1. The Morgan fingerprint density at radius 3 is 2.96 bits per heavy atom. The van der Waals surface area contributed by atoms with Crippen LogP contribution in [0.2, 0.25) is 0 Å². The Labute approximate surface area is 137 Å². The van der Waals surface area contributed by atoms with E-state index in [0.29, 0.717) is 16.8 Å². The van der Waals surface area contributed by atoms with Crippen LogP contribution in [0, 0.1) is 6.92 Å². The highest BCUT2D eigenvalue weighted by atomic mass is 32.1. The summed E-state index contributed by atoms with van der Waals surface area (Å²) in [5.41, 5.74) is 2.25. The molecule has 0 bridgehead atoms. The first-order valence-electron chi connectivity index (χ1n) is 7.39. The normalized spacial score (nSPS) is 10.8. The minimum atomic E-state index is -0.183. The molecule has 0 saturated heterocycles. The van der Waals surface area contributed by atoms with E-state index in [4.69, 9.17) is 0 Å². The van der Waals surface area contributed by atoms with Crippen LogP contribution in [0.1, 0.15) is 11.1 Å². The number of nitrogens with one attached hydrogen (secondary N) is 1. The molecule has 3 rings (SSSR count). The van der Waals surface area contributed by atoms with E-state index in [1.165, 1.54) is 33.4 Å². The molecule has 2 heterocycles. The molecule has 0 unspecified atom stereocenters. The molecule has 0 atom stereocenters. The summed E-state index contributed by atoms with van der Waals surface area (Å²) in [7, 11) is 0. The Morgan fingerprint density at radius 1 is 1.30 bits per heavy atom. The second kappa shape index (κ2) is 6.75. The van der Waals surface area contributed by atoms with Crippen LogP contribution < -0.4 is 10.9 Å².